The molecule has 0 unspecified atom stereocenters. The Kier molecular flexibility index (Phi) is 4.25. The average Bonchev–Trinajstić information content (AvgIpc) is 2.41. The summed E-state index contributed by atoms with van der Waals surface area (Å²) >= 11 is 0. The molecule has 1 heterocycles. The van der Waals surface area contributed by atoms with E-state index in [4.69, 9.17) is 0 Å². The molecular weight excluding hydrogens is 282 g/mol. The first-order valence-electron chi connectivity index (χ1n) is 6.88. The molecule has 116 valence electrons. The standard InChI is InChI=1S/C15H19N5O2/c1-10-9-16-14(19-15(2,3)4)18-13(10)17-11-6-5-7-12(8-11)20(21)22/h5-9H,1-4H3,(H2,16,17,18,19). The van der Waals surface area contributed by atoms with Crippen molar-refractivity contribution in [3.05, 3.63) is 46.1 Å². The molecule has 0 saturated carbocycles. The highest BCUT2D eigenvalue weighted by molar-refractivity contribution is 5.62. The maximum atomic E-state index is 10.8. The van der Waals surface area contributed by atoms with Crippen LogP contribution in [0.4, 0.5) is 23.1 Å². The Hall–Kier alpha value is -2.70. The zero-order valence-electron chi connectivity index (χ0n) is 13.0. The van der Waals surface area contributed by atoms with Gasteiger partial charge in [0.15, 0.2) is 0 Å². The summed E-state index contributed by atoms with van der Waals surface area (Å²) < 4.78 is 0. The first-order chi connectivity index (χ1) is 10.2. The lowest BCUT2D eigenvalue weighted by Crippen LogP contribution is -2.27. The maximum absolute atomic E-state index is 10.8. The highest BCUT2D eigenvalue weighted by atomic mass is 16.6. The van der Waals surface area contributed by atoms with E-state index < -0.39 is 4.92 Å². The molecule has 22 heavy (non-hydrogen) atoms. The Bertz CT molecular complexity index is 695. The van der Waals surface area contributed by atoms with Crippen LogP contribution in [0.25, 0.3) is 0 Å². The monoisotopic (exact) mass is 301 g/mol. The Balaban J connectivity index is 2.27. The van der Waals surface area contributed by atoms with Gasteiger partial charge in [-0.05, 0) is 33.8 Å². The highest BCUT2D eigenvalue weighted by Crippen LogP contribution is 2.23. The molecule has 0 fully saturated rings. The van der Waals surface area contributed by atoms with Crippen LogP contribution in [0.3, 0.4) is 0 Å². The van der Waals surface area contributed by atoms with Crippen molar-refractivity contribution in [3.8, 4) is 0 Å². The summed E-state index contributed by atoms with van der Waals surface area (Å²) in [6, 6.07) is 6.31. The Morgan fingerprint density at radius 2 is 2.00 bits per heavy atom. The number of benzene rings is 1. The lowest BCUT2D eigenvalue weighted by molar-refractivity contribution is -0.384. The number of nitrogens with zero attached hydrogens (tertiary/aromatic N) is 3. The lowest BCUT2D eigenvalue weighted by Gasteiger charge is -2.21. The molecule has 2 rings (SSSR count). The summed E-state index contributed by atoms with van der Waals surface area (Å²) in [4.78, 5) is 19.1. The number of non-ortho nitro benzene ring substituents is 1. The first-order valence-corrected chi connectivity index (χ1v) is 6.88. The minimum atomic E-state index is -0.426. The minimum absolute atomic E-state index is 0.0322. The molecule has 1 aromatic heterocycles. The third-order valence-corrected chi connectivity index (χ3v) is 2.78. The van der Waals surface area contributed by atoms with E-state index >= 15 is 0 Å². The van der Waals surface area contributed by atoms with Crippen molar-refractivity contribution < 1.29 is 4.92 Å². The number of nitro benzene ring substituents is 1. The van der Waals surface area contributed by atoms with E-state index in [0.29, 0.717) is 17.5 Å². The molecule has 0 bridgehead atoms. The summed E-state index contributed by atoms with van der Waals surface area (Å²) in [6.45, 7) is 7.93. The third-order valence-electron chi connectivity index (χ3n) is 2.78. The summed E-state index contributed by atoms with van der Waals surface area (Å²) in [6.07, 6.45) is 1.71. The molecule has 0 aliphatic carbocycles. The van der Waals surface area contributed by atoms with Crippen molar-refractivity contribution >= 4 is 23.1 Å². The number of aromatic nitrogens is 2. The van der Waals surface area contributed by atoms with Crippen LogP contribution in [0.1, 0.15) is 26.3 Å². The highest BCUT2D eigenvalue weighted by Gasteiger charge is 2.13. The number of nitrogens with one attached hydrogen (secondary N) is 2. The summed E-state index contributed by atoms with van der Waals surface area (Å²) in [5, 5.41) is 17.1. The molecule has 0 atom stereocenters. The molecule has 1 aromatic carbocycles. The first kappa shape index (κ1) is 15.7. The molecule has 2 N–H and O–H groups in total. The molecule has 7 heteroatoms. The van der Waals surface area contributed by atoms with Crippen LogP contribution in [0.15, 0.2) is 30.5 Å². The quantitative estimate of drug-likeness (QED) is 0.661. The zero-order valence-corrected chi connectivity index (χ0v) is 13.0. The van der Waals surface area contributed by atoms with E-state index in [-0.39, 0.29) is 11.2 Å². The second kappa shape index (κ2) is 5.97. The van der Waals surface area contributed by atoms with Gasteiger partial charge in [0.05, 0.1) is 4.92 Å². The number of anilines is 3. The van der Waals surface area contributed by atoms with Gasteiger partial charge in [0, 0.05) is 35.1 Å². The largest absolute Gasteiger partial charge is 0.350 e. The summed E-state index contributed by atoms with van der Waals surface area (Å²) in [7, 11) is 0. The molecule has 0 saturated heterocycles. The van der Waals surface area contributed by atoms with Crippen LogP contribution < -0.4 is 10.6 Å². The van der Waals surface area contributed by atoms with Crippen molar-refractivity contribution in [1.29, 1.82) is 0 Å². The molecule has 0 radical (unpaired) electrons. The fraction of sp³-hybridized carbons (Fsp3) is 0.333. The normalized spacial score (nSPS) is 11.1. The van der Waals surface area contributed by atoms with Crippen molar-refractivity contribution in [2.75, 3.05) is 10.6 Å². The average molecular weight is 301 g/mol. The van der Waals surface area contributed by atoms with Gasteiger partial charge in [0.1, 0.15) is 5.82 Å². The van der Waals surface area contributed by atoms with Crippen molar-refractivity contribution in [1.82, 2.24) is 9.97 Å². The Morgan fingerprint density at radius 3 is 2.64 bits per heavy atom. The van der Waals surface area contributed by atoms with E-state index in [1.807, 2.05) is 27.7 Å². The lowest BCUT2D eigenvalue weighted by atomic mass is 10.1. The second-order valence-electron chi connectivity index (χ2n) is 6.03. The smallest absolute Gasteiger partial charge is 0.271 e. The van der Waals surface area contributed by atoms with Gasteiger partial charge in [-0.25, -0.2) is 4.98 Å². The van der Waals surface area contributed by atoms with Crippen molar-refractivity contribution in [3.63, 3.8) is 0 Å². The number of aryl methyl sites for hydroxylation is 1. The van der Waals surface area contributed by atoms with Gasteiger partial charge in [0.25, 0.3) is 5.69 Å². The topological polar surface area (TPSA) is 93.0 Å². The predicted molar refractivity (Wildman–Crippen MR) is 86.5 cm³/mol. The van der Waals surface area contributed by atoms with Crippen LogP contribution in [0.5, 0.6) is 0 Å². The molecule has 7 nitrogen and oxygen atoms in total. The van der Waals surface area contributed by atoms with Crippen LogP contribution in [0, 0.1) is 17.0 Å². The maximum Gasteiger partial charge on any atom is 0.271 e. The third kappa shape index (κ3) is 4.15. The van der Waals surface area contributed by atoms with E-state index in [0.717, 1.165) is 5.56 Å². The predicted octanol–water partition coefficient (Wildman–Crippen LogP) is 3.65. The Morgan fingerprint density at radius 1 is 1.27 bits per heavy atom. The van der Waals surface area contributed by atoms with Crippen LogP contribution >= 0.6 is 0 Å². The SMILES string of the molecule is Cc1cnc(NC(C)(C)C)nc1Nc1cccc([N+](=O)[O-])c1. The molecule has 0 spiro atoms. The van der Waals surface area contributed by atoms with Gasteiger partial charge in [-0.15, -0.1) is 0 Å². The van der Waals surface area contributed by atoms with Crippen LogP contribution in [0.2, 0.25) is 0 Å². The summed E-state index contributed by atoms with van der Waals surface area (Å²) in [5.41, 5.74) is 1.34. The van der Waals surface area contributed by atoms with Gasteiger partial charge >= 0.3 is 0 Å². The Labute approximate surface area is 129 Å². The van der Waals surface area contributed by atoms with Gasteiger partial charge in [-0.2, -0.15) is 4.98 Å². The van der Waals surface area contributed by atoms with Crippen molar-refractivity contribution in [2.24, 2.45) is 0 Å². The van der Waals surface area contributed by atoms with E-state index in [9.17, 15) is 10.1 Å². The number of hydrogen-bond donors (Lipinski definition) is 2. The van der Waals surface area contributed by atoms with E-state index in [1.54, 1.807) is 18.3 Å². The van der Waals surface area contributed by atoms with Gasteiger partial charge in [0.2, 0.25) is 5.95 Å². The fourth-order valence-corrected chi connectivity index (χ4v) is 1.80. The van der Waals surface area contributed by atoms with Crippen LogP contribution in [-0.4, -0.2) is 20.4 Å². The number of nitro groups is 1. The van der Waals surface area contributed by atoms with Gasteiger partial charge in [-0.3, -0.25) is 10.1 Å². The molecule has 0 amide bonds. The second-order valence-corrected chi connectivity index (χ2v) is 6.03. The fourth-order valence-electron chi connectivity index (χ4n) is 1.80. The van der Waals surface area contributed by atoms with E-state index in [2.05, 4.69) is 20.6 Å². The van der Waals surface area contributed by atoms with Crippen LogP contribution in [-0.2, 0) is 0 Å². The number of hydrogen-bond acceptors (Lipinski definition) is 6. The minimum Gasteiger partial charge on any atom is -0.350 e. The zero-order chi connectivity index (χ0) is 16.3. The van der Waals surface area contributed by atoms with Gasteiger partial charge in [-0.1, -0.05) is 6.07 Å². The molecular formula is C15H19N5O2. The number of rotatable bonds is 4. The van der Waals surface area contributed by atoms with Crippen molar-refractivity contribution in [2.45, 2.75) is 33.2 Å². The molecule has 0 aliphatic rings. The molecule has 2 aromatic rings. The summed E-state index contributed by atoms with van der Waals surface area (Å²) in [5.74, 6) is 1.12. The van der Waals surface area contributed by atoms with E-state index in [1.165, 1.54) is 12.1 Å². The van der Waals surface area contributed by atoms with Gasteiger partial charge < -0.3 is 10.6 Å². The molecule has 0 aliphatic heterocycles.